The van der Waals surface area contributed by atoms with E-state index in [1.54, 1.807) is 18.6 Å². The molecule has 4 heterocycles. The molecule has 1 spiro atoms. The quantitative estimate of drug-likeness (QED) is 0.742. The number of hydrogen-bond acceptors (Lipinski definition) is 6. The smallest absolute Gasteiger partial charge is 0.283 e. The first-order chi connectivity index (χ1) is 12.3. The van der Waals surface area contributed by atoms with Crippen LogP contribution in [-0.4, -0.2) is 22.6 Å². The van der Waals surface area contributed by atoms with Gasteiger partial charge in [-0.25, -0.2) is 4.99 Å². The van der Waals surface area contributed by atoms with Crippen LogP contribution in [0.4, 0.5) is 0 Å². The fourth-order valence-electron chi connectivity index (χ4n) is 3.41. The van der Waals surface area contributed by atoms with Gasteiger partial charge in [0.05, 0.1) is 0 Å². The van der Waals surface area contributed by atoms with Gasteiger partial charge in [0, 0.05) is 41.5 Å². The van der Waals surface area contributed by atoms with E-state index in [4.69, 9.17) is 15.2 Å². The van der Waals surface area contributed by atoms with Crippen molar-refractivity contribution in [3.8, 4) is 22.6 Å². The molecule has 0 aliphatic carbocycles. The minimum atomic E-state index is -0.737. The highest BCUT2D eigenvalue weighted by atomic mass is 16.5. The summed E-state index contributed by atoms with van der Waals surface area (Å²) >= 11 is 0. The van der Waals surface area contributed by atoms with E-state index in [0.717, 1.165) is 33.8 Å². The van der Waals surface area contributed by atoms with Crippen molar-refractivity contribution in [1.82, 2.24) is 9.97 Å². The van der Waals surface area contributed by atoms with Gasteiger partial charge in [-0.3, -0.25) is 9.97 Å². The first-order valence-electron chi connectivity index (χ1n) is 7.92. The Balaban J connectivity index is 1.75. The van der Waals surface area contributed by atoms with Crippen LogP contribution in [0.2, 0.25) is 0 Å². The van der Waals surface area contributed by atoms with Crippen LogP contribution in [0.15, 0.2) is 66.2 Å². The van der Waals surface area contributed by atoms with Gasteiger partial charge in [-0.05, 0) is 29.8 Å². The third-order valence-corrected chi connectivity index (χ3v) is 4.60. The Kier molecular flexibility index (Phi) is 2.82. The molecule has 0 saturated carbocycles. The molecular formula is C19H14N4O2. The lowest BCUT2D eigenvalue weighted by Crippen LogP contribution is -2.31. The van der Waals surface area contributed by atoms with E-state index in [0.29, 0.717) is 6.61 Å². The van der Waals surface area contributed by atoms with Gasteiger partial charge in [-0.2, -0.15) is 0 Å². The molecule has 0 unspecified atom stereocenters. The predicted octanol–water partition coefficient (Wildman–Crippen LogP) is 2.84. The molecule has 0 fully saturated rings. The summed E-state index contributed by atoms with van der Waals surface area (Å²) in [5, 5.41) is 0. The number of nitrogens with two attached hydrogens (primary N) is 1. The van der Waals surface area contributed by atoms with Crippen LogP contribution in [0.1, 0.15) is 11.1 Å². The van der Waals surface area contributed by atoms with Gasteiger partial charge < -0.3 is 15.2 Å². The molecule has 0 amide bonds. The van der Waals surface area contributed by atoms with Crippen molar-refractivity contribution >= 4 is 6.02 Å². The molecule has 1 aromatic carbocycles. The lowest BCUT2D eigenvalue weighted by molar-refractivity contribution is 0.264. The molecule has 2 aromatic heterocycles. The van der Waals surface area contributed by atoms with Crippen molar-refractivity contribution in [2.45, 2.75) is 5.54 Å². The van der Waals surface area contributed by atoms with Crippen LogP contribution in [0.3, 0.4) is 0 Å². The zero-order chi connectivity index (χ0) is 16.9. The Labute approximate surface area is 144 Å². The molecular weight excluding hydrogens is 316 g/mol. The summed E-state index contributed by atoms with van der Waals surface area (Å²) in [5.41, 5.74) is 8.94. The molecule has 6 nitrogen and oxygen atoms in total. The van der Waals surface area contributed by atoms with Crippen molar-refractivity contribution < 1.29 is 9.47 Å². The normalized spacial score (nSPS) is 20.2. The average molecular weight is 330 g/mol. The van der Waals surface area contributed by atoms with Crippen molar-refractivity contribution in [2.24, 2.45) is 10.7 Å². The Morgan fingerprint density at radius 2 is 1.80 bits per heavy atom. The molecule has 122 valence electrons. The monoisotopic (exact) mass is 330 g/mol. The second-order valence-corrected chi connectivity index (χ2v) is 6.03. The van der Waals surface area contributed by atoms with E-state index in [2.05, 4.69) is 21.0 Å². The summed E-state index contributed by atoms with van der Waals surface area (Å²) < 4.78 is 11.6. The topological polar surface area (TPSA) is 82.6 Å². The van der Waals surface area contributed by atoms with Crippen LogP contribution in [0.5, 0.6) is 11.5 Å². The molecule has 2 aliphatic heterocycles. The molecule has 5 rings (SSSR count). The highest BCUT2D eigenvalue weighted by Crippen LogP contribution is 2.51. The van der Waals surface area contributed by atoms with E-state index in [1.165, 1.54) is 0 Å². The molecule has 3 aromatic rings. The maximum atomic E-state index is 6.07. The summed E-state index contributed by atoms with van der Waals surface area (Å²) in [6, 6.07) is 12.0. The van der Waals surface area contributed by atoms with Crippen LogP contribution < -0.4 is 10.5 Å². The summed E-state index contributed by atoms with van der Waals surface area (Å²) in [5.74, 6) is 1.46. The van der Waals surface area contributed by atoms with Gasteiger partial charge >= 0.3 is 0 Å². The molecule has 2 N–H and O–H groups in total. The van der Waals surface area contributed by atoms with E-state index >= 15 is 0 Å². The van der Waals surface area contributed by atoms with Crippen LogP contribution in [0, 0.1) is 0 Å². The Morgan fingerprint density at radius 3 is 2.60 bits per heavy atom. The number of fused-ring (bicyclic) bond motifs is 4. The van der Waals surface area contributed by atoms with E-state index in [-0.39, 0.29) is 6.02 Å². The molecule has 1 atom stereocenters. The van der Waals surface area contributed by atoms with Crippen molar-refractivity contribution in [1.29, 1.82) is 0 Å². The minimum absolute atomic E-state index is 0.175. The number of nitrogens with zero attached hydrogens (tertiary/aromatic N) is 3. The standard InChI is InChI=1S/C19H14N4O2/c20-18-23-19(11-24-18)14-8-12(13-2-1-6-21-9-13)3-4-16(14)25-17-5-7-22-10-15(17)19/h1-10H,11H2,(H2,20,23)/t19-/m1/s1. The number of hydrogen-bond donors (Lipinski definition) is 1. The second-order valence-electron chi connectivity index (χ2n) is 6.03. The third kappa shape index (κ3) is 2.00. The Hall–Kier alpha value is -3.41. The zero-order valence-electron chi connectivity index (χ0n) is 13.2. The third-order valence-electron chi connectivity index (χ3n) is 4.60. The fourth-order valence-corrected chi connectivity index (χ4v) is 3.41. The second kappa shape index (κ2) is 5.04. The lowest BCUT2D eigenvalue weighted by atomic mass is 9.81. The maximum absolute atomic E-state index is 6.07. The van der Waals surface area contributed by atoms with E-state index < -0.39 is 5.54 Å². The summed E-state index contributed by atoms with van der Waals surface area (Å²) in [4.78, 5) is 13.1. The van der Waals surface area contributed by atoms with E-state index in [9.17, 15) is 0 Å². The number of aromatic nitrogens is 2. The first-order valence-corrected chi connectivity index (χ1v) is 7.92. The number of aliphatic imine (C=N–C) groups is 1. The number of pyridine rings is 2. The Morgan fingerprint density at radius 1 is 0.920 bits per heavy atom. The SMILES string of the molecule is NC1=N[C@@]2(CO1)c1cnccc1Oc1ccc(-c3cccnc3)cc12. The van der Waals surface area contributed by atoms with Gasteiger partial charge in [0.25, 0.3) is 6.02 Å². The molecule has 25 heavy (non-hydrogen) atoms. The van der Waals surface area contributed by atoms with Crippen molar-refractivity contribution in [3.05, 3.63) is 72.3 Å². The van der Waals surface area contributed by atoms with E-state index in [1.807, 2.05) is 36.5 Å². The molecule has 0 radical (unpaired) electrons. The van der Waals surface area contributed by atoms with Gasteiger partial charge in [0.2, 0.25) is 0 Å². The highest BCUT2D eigenvalue weighted by molar-refractivity contribution is 5.77. The summed E-state index contributed by atoms with van der Waals surface area (Å²) in [6.07, 6.45) is 7.05. The van der Waals surface area contributed by atoms with Crippen LogP contribution in [-0.2, 0) is 10.3 Å². The number of rotatable bonds is 1. The number of amidine groups is 1. The fraction of sp³-hybridized carbons (Fsp3) is 0.105. The summed E-state index contributed by atoms with van der Waals surface area (Å²) in [6.45, 7) is 0.324. The van der Waals surface area contributed by atoms with Gasteiger partial charge in [0.1, 0.15) is 18.1 Å². The summed E-state index contributed by atoms with van der Waals surface area (Å²) in [7, 11) is 0. The predicted molar refractivity (Wildman–Crippen MR) is 92.3 cm³/mol. The van der Waals surface area contributed by atoms with Gasteiger partial charge in [0.15, 0.2) is 5.54 Å². The van der Waals surface area contributed by atoms with Crippen molar-refractivity contribution in [2.75, 3.05) is 6.61 Å². The lowest BCUT2D eigenvalue weighted by Gasteiger charge is -2.33. The minimum Gasteiger partial charge on any atom is -0.462 e. The number of ether oxygens (including phenoxy) is 2. The number of benzene rings is 1. The average Bonchev–Trinajstić information content (AvgIpc) is 3.05. The van der Waals surface area contributed by atoms with Crippen molar-refractivity contribution in [3.63, 3.8) is 0 Å². The molecule has 2 aliphatic rings. The van der Waals surface area contributed by atoms with Gasteiger partial charge in [-0.1, -0.05) is 12.1 Å². The van der Waals surface area contributed by atoms with Crippen LogP contribution >= 0.6 is 0 Å². The highest BCUT2D eigenvalue weighted by Gasteiger charge is 2.47. The maximum Gasteiger partial charge on any atom is 0.283 e. The largest absolute Gasteiger partial charge is 0.462 e. The Bertz CT molecular complexity index is 1000. The molecule has 0 saturated heterocycles. The molecule has 6 heteroatoms. The zero-order valence-corrected chi connectivity index (χ0v) is 13.2. The van der Waals surface area contributed by atoms with Crippen LogP contribution in [0.25, 0.3) is 11.1 Å². The molecule has 0 bridgehead atoms. The van der Waals surface area contributed by atoms with Gasteiger partial charge in [-0.15, -0.1) is 0 Å². The first kappa shape index (κ1) is 14.0.